The van der Waals surface area contributed by atoms with Gasteiger partial charge in [-0.05, 0) is 37.1 Å². The minimum Gasteiger partial charge on any atom is -0.437 e. The van der Waals surface area contributed by atoms with Crippen molar-refractivity contribution in [3.63, 3.8) is 0 Å². The zero-order valence-corrected chi connectivity index (χ0v) is 8.06. The summed E-state index contributed by atoms with van der Waals surface area (Å²) in [4.78, 5) is 20.4. The van der Waals surface area contributed by atoms with E-state index in [9.17, 15) is 9.70 Å². The number of hydrogen-bond acceptors (Lipinski definition) is 4. The van der Waals surface area contributed by atoms with Gasteiger partial charge in [-0.2, -0.15) is 0 Å². The summed E-state index contributed by atoms with van der Waals surface area (Å²) in [6.45, 7) is 3.90. The van der Waals surface area contributed by atoms with E-state index in [1.54, 1.807) is 19.1 Å². The van der Waals surface area contributed by atoms with Crippen LogP contribution in [0.25, 0.3) is 0 Å². The van der Waals surface area contributed by atoms with Crippen LogP contribution >= 0.6 is 0 Å². The van der Waals surface area contributed by atoms with E-state index in [-0.39, 0.29) is 0 Å². The summed E-state index contributed by atoms with van der Waals surface area (Å²) in [6.07, 6.45) is 6.42. The first-order valence-electron chi connectivity index (χ1n) is 4.14. The maximum Gasteiger partial charge on any atom is 0.297 e. The number of rotatable bonds is 4. The Kier molecular flexibility index (Phi) is 2.96. The number of ether oxygens (including phenoxy) is 1. The molecule has 1 rings (SSSR count). The molecule has 0 N–H and O–H groups in total. The summed E-state index contributed by atoms with van der Waals surface area (Å²) in [5.74, 6) is 0. The second kappa shape index (κ2) is 4.00. The zero-order valence-electron chi connectivity index (χ0n) is 8.06. The minimum atomic E-state index is -0.763. The molecule has 0 aromatic carbocycles. The lowest BCUT2D eigenvalue weighted by atomic mass is 9.99. The van der Waals surface area contributed by atoms with Crippen molar-refractivity contribution in [3.05, 3.63) is 40.5 Å². The van der Waals surface area contributed by atoms with Crippen LogP contribution in [-0.2, 0) is 9.53 Å². The van der Waals surface area contributed by atoms with E-state index in [4.69, 9.17) is 0 Å². The molecule has 0 heterocycles. The minimum absolute atomic E-state index is 0.333. The fraction of sp³-hybridized carbons (Fsp3) is 0.300. The molecule has 0 aromatic heterocycles. The van der Waals surface area contributed by atoms with Crippen LogP contribution in [0.2, 0.25) is 0 Å². The highest BCUT2D eigenvalue weighted by molar-refractivity contribution is 5.48. The number of hydrogen-bond donors (Lipinski definition) is 0. The van der Waals surface area contributed by atoms with Crippen molar-refractivity contribution in [1.29, 1.82) is 0 Å². The molecule has 0 spiro atoms. The molecule has 4 heteroatoms. The topological polar surface area (TPSA) is 55.7 Å². The standard InChI is InChI=1S/C10H11NO3/c1-8-5-9(3-4-14-7-12)6-10(8,2)11-13/h3-7H,1-2H3/b4-3+. The van der Waals surface area contributed by atoms with Crippen LogP contribution < -0.4 is 0 Å². The van der Waals surface area contributed by atoms with Crippen molar-refractivity contribution in [2.75, 3.05) is 0 Å². The van der Waals surface area contributed by atoms with Gasteiger partial charge >= 0.3 is 0 Å². The fourth-order valence-corrected chi connectivity index (χ4v) is 1.22. The Morgan fingerprint density at radius 2 is 2.29 bits per heavy atom. The number of carbonyl (C=O) groups is 1. The lowest BCUT2D eigenvalue weighted by molar-refractivity contribution is -0.123. The highest BCUT2D eigenvalue weighted by atomic mass is 16.5. The van der Waals surface area contributed by atoms with E-state index >= 15 is 0 Å². The van der Waals surface area contributed by atoms with Gasteiger partial charge in [-0.25, -0.2) is 0 Å². The summed E-state index contributed by atoms with van der Waals surface area (Å²) < 4.78 is 4.39. The van der Waals surface area contributed by atoms with E-state index in [1.165, 1.54) is 6.26 Å². The first-order valence-corrected chi connectivity index (χ1v) is 4.14. The van der Waals surface area contributed by atoms with E-state index in [1.807, 2.05) is 13.0 Å². The van der Waals surface area contributed by atoms with Crippen molar-refractivity contribution in [2.45, 2.75) is 19.4 Å². The Hall–Kier alpha value is -1.71. The van der Waals surface area contributed by atoms with E-state index in [0.29, 0.717) is 6.47 Å². The molecule has 0 aromatic rings. The smallest absolute Gasteiger partial charge is 0.297 e. The van der Waals surface area contributed by atoms with Crippen molar-refractivity contribution >= 4 is 6.47 Å². The van der Waals surface area contributed by atoms with E-state index < -0.39 is 5.54 Å². The Morgan fingerprint density at radius 3 is 2.79 bits per heavy atom. The molecule has 74 valence electrons. The zero-order chi connectivity index (χ0) is 10.6. The molecule has 0 radical (unpaired) electrons. The van der Waals surface area contributed by atoms with Gasteiger partial charge in [0.1, 0.15) is 5.54 Å². The monoisotopic (exact) mass is 193 g/mol. The SMILES string of the molecule is CC1=CC(/C=C/OC=O)=CC1(C)N=O. The Bertz CT molecular complexity index is 341. The molecule has 1 aliphatic rings. The summed E-state index contributed by atoms with van der Waals surface area (Å²) in [5, 5.41) is 3.04. The molecule has 1 aliphatic carbocycles. The second-order valence-electron chi connectivity index (χ2n) is 3.25. The first kappa shape index (κ1) is 10.4. The summed E-state index contributed by atoms with van der Waals surface area (Å²) >= 11 is 0. The number of allylic oxidation sites excluding steroid dienone is 3. The maximum atomic E-state index is 10.6. The molecular weight excluding hydrogens is 182 g/mol. The number of nitrogens with zero attached hydrogens (tertiary/aromatic N) is 1. The normalized spacial score (nSPS) is 25.9. The van der Waals surface area contributed by atoms with E-state index in [2.05, 4.69) is 9.91 Å². The van der Waals surface area contributed by atoms with Gasteiger partial charge in [0.2, 0.25) is 0 Å². The lowest BCUT2D eigenvalue weighted by Crippen LogP contribution is -2.16. The van der Waals surface area contributed by atoms with Crippen LogP contribution in [0.3, 0.4) is 0 Å². The quantitative estimate of drug-likeness (QED) is 0.390. The molecule has 0 bridgehead atoms. The molecule has 1 unspecified atom stereocenters. The largest absolute Gasteiger partial charge is 0.437 e. The maximum absolute atomic E-state index is 10.6. The highest BCUT2D eigenvalue weighted by Gasteiger charge is 2.29. The van der Waals surface area contributed by atoms with Crippen LogP contribution in [0.4, 0.5) is 0 Å². The van der Waals surface area contributed by atoms with Crippen LogP contribution in [-0.4, -0.2) is 12.0 Å². The summed E-state index contributed by atoms with van der Waals surface area (Å²) in [6, 6.07) is 0. The van der Waals surface area contributed by atoms with Crippen LogP contribution in [0.5, 0.6) is 0 Å². The lowest BCUT2D eigenvalue weighted by Gasteiger charge is -2.12. The van der Waals surface area contributed by atoms with Gasteiger partial charge in [0.15, 0.2) is 0 Å². The third kappa shape index (κ3) is 1.96. The predicted molar refractivity (Wildman–Crippen MR) is 52.3 cm³/mol. The van der Waals surface area contributed by atoms with Crippen LogP contribution in [0, 0.1) is 4.91 Å². The summed E-state index contributed by atoms with van der Waals surface area (Å²) in [5.41, 5.74) is 0.922. The molecule has 0 fully saturated rings. The third-order valence-corrected chi connectivity index (χ3v) is 2.21. The van der Waals surface area contributed by atoms with E-state index in [0.717, 1.165) is 11.1 Å². The second-order valence-corrected chi connectivity index (χ2v) is 3.25. The Balaban J connectivity index is 2.80. The van der Waals surface area contributed by atoms with Gasteiger partial charge in [0, 0.05) is 0 Å². The molecule has 0 aliphatic heterocycles. The average molecular weight is 193 g/mol. The van der Waals surface area contributed by atoms with Gasteiger partial charge in [-0.3, -0.25) is 4.79 Å². The number of nitroso groups, excluding NO2 is 1. The van der Waals surface area contributed by atoms with Gasteiger partial charge < -0.3 is 4.74 Å². The van der Waals surface area contributed by atoms with Gasteiger partial charge in [-0.15, -0.1) is 4.91 Å². The third-order valence-electron chi connectivity index (χ3n) is 2.21. The van der Waals surface area contributed by atoms with Gasteiger partial charge in [-0.1, -0.05) is 11.3 Å². The summed E-state index contributed by atoms with van der Waals surface area (Å²) in [7, 11) is 0. The fourth-order valence-electron chi connectivity index (χ4n) is 1.22. The van der Waals surface area contributed by atoms with Crippen molar-refractivity contribution in [2.24, 2.45) is 5.18 Å². The number of carbonyl (C=O) groups excluding carboxylic acids is 1. The highest BCUT2D eigenvalue weighted by Crippen LogP contribution is 2.31. The Morgan fingerprint density at radius 1 is 1.57 bits per heavy atom. The molecule has 0 amide bonds. The predicted octanol–water partition coefficient (Wildman–Crippen LogP) is 2.08. The molecule has 1 atom stereocenters. The van der Waals surface area contributed by atoms with Crippen LogP contribution in [0.15, 0.2) is 40.8 Å². The first-order chi connectivity index (χ1) is 6.62. The van der Waals surface area contributed by atoms with Crippen molar-refractivity contribution < 1.29 is 9.53 Å². The Labute approximate surface area is 81.9 Å². The van der Waals surface area contributed by atoms with Crippen molar-refractivity contribution in [1.82, 2.24) is 0 Å². The molecule has 4 nitrogen and oxygen atoms in total. The van der Waals surface area contributed by atoms with Crippen molar-refractivity contribution in [3.8, 4) is 0 Å². The van der Waals surface area contributed by atoms with Gasteiger partial charge in [0.05, 0.1) is 6.26 Å². The van der Waals surface area contributed by atoms with Crippen LogP contribution in [0.1, 0.15) is 13.8 Å². The molecule has 0 saturated heterocycles. The molecular formula is C10H11NO3. The van der Waals surface area contributed by atoms with Gasteiger partial charge in [0.25, 0.3) is 6.47 Å². The molecule has 14 heavy (non-hydrogen) atoms. The molecule has 0 saturated carbocycles. The average Bonchev–Trinajstić information content (AvgIpc) is 2.44.